The van der Waals surface area contributed by atoms with Gasteiger partial charge in [0.2, 0.25) is 0 Å². The van der Waals surface area contributed by atoms with E-state index in [1.807, 2.05) is 12.1 Å². The maximum atomic E-state index is 5.81. The van der Waals surface area contributed by atoms with Crippen molar-refractivity contribution >= 4 is 15.9 Å². The Labute approximate surface area is 123 Å². The van der Waals surface area contributed by atoms with Gasteiger partial charge in [0.15, 0.2) is 0 Å². The monoisotopic (exact) mass is 328 g/mol. The van der Waals surface area contributed by atoms with E-state index in [-0.39, 0.29) is 0 Å². The van der Waals surface area contributed by atoms with Crippen molar-refractivity contribution in [2.75, 3.05) is 46.0 Å². The van der Waals surface area contributed by atoms with E-state index in [9.17, 15) is 0 Å². The van der Waals surface area contributed by atoms with Crippen molar-refractivity contribution in [1.29, 1.82) is 0 Å². The van der Waals surface area contributed by atoms with Crippen molar-refractivity contribution < 1.29 is 9.47 Å². The molecule has 0 aromatic heterocycles. The highest BCUT2D eigenvalue weighted by molar-refractivity contribution is 9.10. The molecule has 2 rings (SSSR count). The molecule has 1 aromatic carbocycles. The Morgan fingerprint density at radius 2 is 2.11 bits per heavy atom. The van der Waals surface area contributed by atoms with Crippen LogP contribution in [0.15, 0.2) is 22.7 Å². The summed E-state index contributed by atoms with van der Waals surface area (Å²) in [7, 11) is 0. The third-order valence-corrected chi connectivity index (χ3v) is 3.98. The van der Waals surface area contributed by atoms with Crippen molar-refractivity contribution in [3.63, 3.8) is 0 Å². The number of halogens is 1. The zero-order chi connectivity index (χ0) is 13.5. The zero-order valence-electron chi connectivity index (χ0n) is 11.1. The quantitative estimate of drug-likeness (QED) is 0.862. The maximum Gasteiger partial charge on any atom is 0.119 e. The van der Waals surface area contributed by atoms with Crippen LogP contribution < -0.4 is 10.5 Å². The molecule has 0 unspecified atom stereocenters. The summed E-state index contributed by atoms with van der Waals surface area (Å²) >= 11 is 3.53. The van der Waals surface area contributed by atoms with Crippen LogP contribution in [-0.4, -0.2) is 50.9 Å². The third kappa shape index (κ3) is 4.76. The molecule has 4 nitrogen and oxygen atoms in total. The fourth-order valence-electron chi connectivity index (χ4n) is 2.11. The standard InChI is InChI=1S/C14H21BrN2O2/c15-14-2-1-13(11-12(14)3-4-16)19-10-7-17-5-8-18-9-6-17/h1-2,11H,3-10,16H2. The minimum atomic E-state index is 0.649. The highest BCUT2D eigenvalue weighted by Gasteiger charge is 2.10. The molecule has 0 spiro atoms. The van der Waals surface area contributed by atoms with Crippen LogP contribution in [0.3, 0.4) is 0 Å². The molecule has 2 N–H and O–H groups in total. The minimum absolute atomic E-state index is 0.649. The van der Waals surface area contributed by atoms with Gasteiger partial charge >= 0.3 is 0 Å². The molecule has 0 bridgehead atoms. The first kappa shape index (κ1) is 14.8. The zero-order valence-corrected chi connectivity index (χ0v) is 12.7. The molecular weight excluding hydrogens is 308 g/mol. The number of nitrogens with zero attached hydrogens (tertiary/aromatic N) is 1. The lowest BCUT2D eigenvalue weighted by atomic mass is 10.1. The Morgan fingerprint density at radius 3 is 2.84 bits per heavy atom. The van der Waals surface area contributed by atoms with E-state index in [0.29, 0.717) is 13.2 Å². The van der Waals surface area contributed by atoms with E-state index in [1.54, 1.807) is 0 Å². The predicted octanol–water partition coefficient (Wildman–Crippen LogP) is 1.66. The van der Waals surface area contributed by atoms with Gasteiger partial charge in [0.1, 0.15) is 12.4 Å². The first-order chi connectivity index (χ1) is 9.29. The second-order valence-corrected chi connectivity index (χ2v) is 5.45. The SMILES string of the molecule is NCCc1cc(OCCN2CCOCC2)ccc1Br. The van der Waals surface area contributed by atoms with Crippen molar-refractivity contribution in [2.24, 2.45) is 5.73 Å². The number of hydrogen-bond acceptors (Lipinski definition) is 4. The van der Waals surface area contributed by atoms with Gasteiger partial charge < -0.3 is 15.2 Å². The molecule has 0 amide bonds. The van der Waals surface area contributed by atoms with Crippen LogP contribution in [0.2, 0.25) is 0 Å². The average molecular weight is 329 g/mol. The summed E-state index contributed by atoms with van der Waals surface area (Å²) < 4.78 is 12.2. The van der Waals surface area contributed by atoms with Crippen LogP contribution >= 0.6 is 15.9 Å². The number of rotatable bonds is 6. The molecule has 5 heteroatoms. The highest BCUT2D eigenvalue weighted by atomic mass is 79.9. The van der Waals surface area contributed by atoms with Gasteiger partial charge in [-0.15, -0.1) is 0 Å². The van der Waals surface area contributed by atoms with E-state index >= 15 is 0 Å². The Bertz CT molecular complexity index is 395. The molecule has 0 saturated carbocycles. The van der Waals surface area contributed by atoms with E-state index in [0.717, 1.165) is 49.5 Å². The Kier molecular flexibility index (Phi) is 6.10. The van der Waals surface area contributed by atoms with Crippen LogP contribution in [0.5, 0.6) is 5.75 Å². The molecule has 1 saturated heterocycles. The van der Waals surface area contributed by atoms with Gasteiger partial charge in [-0.05, 0) is 36.7 Å². The first-order valence-electron chi connectivity index (χ1n) is 6.71. The molecule has 1 aliphatic rings. The third-order valence-electron chi connectivity index (χ3n) is 3.21. The van der Waals surface area contributed by atoms with Gasteiger partial charge in [-0.25, -0.2) is 0 Å². The predicted molar refractivity (Wildman–Crippen MR) is 79.7 cm³/mol. The van der Waals surface area contributed by atoms with Gasteiger partial charge in [-0.3, -0.25) is 4.90 Å². The summed E-state index contributed by atoms with van der Waals surface area (Å²) in [5.74, 6) is 0.917. The van der Waals surface area contributed by atoms with Gasteiger partial charge in [-0.1, -0.05) is 15.9 Å². The normalized spacial score (nSPS) is 16.5. The van der Waals surface area contributed by atoms with Crippen molar-refractivity contribution in [3.05, 3.63) is 28.2 Å². The maximum absolute atomic E-state index is 5.81. The summed E-state index contributed by atoms with van der Waals surface area (Å²) in [6.45, 7) is 5.98. The van der Waals surface area contributed by atoms with E-state index in [1.165, 1.54) is 5.56 Å². The highest BCUT2D eigenvalue weighted by Crippen LogP contribution is 2.22. The Morgan fingerprint density at radius 1 is 1.32 bits per heavy atom. The molecular formula is C14H21BrN2O2. The van der Waals surface area contributed by atoms with Gasteiger partial charge in [0, 0.05) is 24.1 Å². The van der Waals surface area contributed by atoms with Crippen molar-refractivity contribution in [2.45, 2.75) is 6.42 Å². The first-order valence-corrected chi connectivity index (χ1v) is 7.50. The van der Waals surface area contributed by atoms with Gasteiger partial charge in [-0.2, -0.15) is 0 Å². The molecule has 1 heterocycles. The summed E-state index contributed by atoms with van der Waals surface area (Å²) in [4.78, 5) is 2.36. The lowest BCUT2D eigenvalue weighted by molar-refractivity contribution is 0.0322. The minimum Gasteiger partial charge on any atom is -0.492 e. The van der Waals surface area contributed by atoms with Crippen LogP contribution in [0.4, 0.5) is 0 Å². The second kappa shape index (κ2) is 7.85. The number of benzene rings is 1. The second-order valence-electron chi connectivity index (χ2n) is 4.59. The van der Waals surface area contributed by atoms with Crippen LogP contribution in [0.25, 0.3) is 0 Å². The number of hydrogen-bond donors (Lipinski definition) is 1. The van der Waals surface area contributed by atoms with Crippen molar-refractivity contribution in [3.8, 4) is 5.75 Å². The van der Waals surface area contributed by atoms with Crippen LogP contribution in [-0.2, 0) is 11.2 Å². The summed E-state index contributed by atoms with van der Waals surface area (Å²) in [6, 6.07) is 6.08. The lowest BCUT2D eigenvalue weighted by Crippen LogP contribution is -2.38. The fourth-order valence-corrected chi connectivity index (χ4v) is 2.55. The average Bonchev–Trinajstić information content (AvgIpc) is 2.44. The lowest BCUT2D eigenvalue weighted by Gasteiger charge is -2.26. The van der Waals surface area contributed by atoms with Crippen LogP contribution in [0.1, 0.15) is 5.56 Å². The molecule has 106 valence electrons. The molecule has 1 aliphatic heterocycles. The van der Waals surface area contributed by atoms with E-state index in [2.05, 4.69) is 26.9 Å². The Hall–Kier alpha value is -0.620. The number of ether oxygens (including phenoxy) is 2. The topological polar surface area (TPSA) is 47.7 Å². The molecule has 1 fully saturated rings. The molecule has 0 atom stereocenters. The molecule has 19 heavy (non-hydrogen) atoms. The summed E-state index contributed by atoms with van der Waals surface area (Å²) in [5.41, 5.74) is 6.80. The molecule has 0 radical (unpaired) electrons. The van der Waals surface area contributed by atoms with Gasteiger partial charge in [0.25, 0.3) is 0 Å². The fraction of sp³-hybridized carbons (Fsp3) is 0.571. The number of morpholine rings is 1. The van der Waals surface area contributed by atoms with Crippen LogP contribution in [0, 0.1) is 0 Å². The van der Waals surface area contributed by atoms with Crippen molar-refractivity contribution in [1.82, 2.24) is 4.90 Å². The summed E-state index contributed by atoms with van der Waals surface area (Å²) in [5, 5.41) is 0. The van der Waals surface area contributed by atoms with Gasteiger partial charge in [0.05, 0.1) is 13.2 Å². The van der Waals surface area contributed by atoms with E-state index in [4.69, 9.17) is 15.2 Å². The van der Waals surface area contributed by atoms with E-state index < -0.39 is 0 Å². The molecule has 0 aliphatic carbocycles. The summed E-state index contributed by atoms with van der Waals surface area (Å²) in [6.07, 6.45) is 0.862. The molecule has 1 aromatic rings. The Balaban J connectivity index is 1.80. The number of nitrogens with two attached hydrogens (primary N) is 1. The largest absolute Gasteiger partial charge is 0.492 e. The smallest absolute Gasteiger partial charge is 0.119 e.